The number of nitrogens with one attached hydrogen (secondary N) is 2. The minimum absolute atomic E-state index is 0.146. The summed E-state index contributed by atoms with van der Waals surface area (Å²) in [4.78, 5) is 26.3. The lowest BCUT2D eigenvalue weighted by Gasteiger charge is -2.34. The van der Waals surface area contributed by atoms with Gasteiger partial charge in [0.15, 0.2) is 0 Å². The summed E-state index contributed by atoms with van der Waals surface area (Å²) in [5, 5.41) is 9.68. The first-order valence-corrected chi connectivity index (χ1v) is 9.17. The van der Waals surface area contributed by atoms with Gasteiger partial charge in [-0.25, -0.2) is 0 Å². The van der Waals surface area contributed by atoms with Crippen molar-refractivity contribution in [2.24, 2.45) is 0 Å². The Morgan fingerprint density at radius 1 is 1.22 bits per heavy atom. The molecule has 0 saturated carbocycles. The first-order chi connectivity index (χ1) is 10.9. The minimum atomic E-state index is -0.569. The zero-order valence-electron chi connectivity index (χ0n) is 14.2. The smallest absolute Gasteiger partial charge is 0.309 e. The van der Waals surface area contributed by atoms with E-state index in [1.54, 1.807) is 11.3 Å². The molecule has 1 atom stereocenters. The molecule has 5 nitrogen and oxygen atoms in total. The number of thiophene rings is 1. The zero-order chi connectivity index (χ0) is 16.9. The summed E-state index contributed by atoms with van der Waals surface area (Å²) in [5.41, 5.74) is 0.807. The van der Waals surface area contributed by atoms with Gasteiger partial charge >= 0.3 is 11.8 Å². The summed E-state index contributed by atoms with van der Waals surface area (Å²) >= 11 is 1.66. The van der Waals surface area contributed by atoms with Gasteiger partial charge in [0.1, 0.15) is 0 Å². The van der Waals surface area contributed by atoms with E-state index in [1.165, 1.54) is 24.8 Å². The number of hydrogen-bond donors (Lipinski definition) is 2. The zero-order valence-corrected chi connectivity index (χ0v) is 15.0. The van der Waals surface area contributed by atoms with E-state index in [0.29, 0.717) is 6.54 Å². The topological polar surface area (TPSA) is 61.4 Å². The quantitative estimate of drug-likeness (QED) is 0.829. The normalized spacial score (nSPS) is 17.5. The Morgan fingerprint density at radius 3 is 2.48 bits per heavy atom. The van der Waals surface area contributed by atoms with Crippen molar-refractivity contribution < 1.29 is 9.59 Å². The Kier molecular flexibility index (Phi) is 6.18. The number of carbonyl (C=O) groups excluding carboxylic acids is 2. The Bertz CT molecular complexity index is 516. The summed E-state index contributed by atoms with van der Waals surface area (Å²) in [7, 11) is 0. The second-order valence-electron chi connectivity index (χ2n) is 7.08. The van der Waals surface area contributed by atoms with Crippen molar-refractivity contribution in [2.75, 3.05) is 19.6 Å². The highest BCUT2D eigenvalue weighted by Gasteiger charge is 2.25. The van der Waals surface area contributed by atoms with E-state index in [1.807, 2.05) is 20.8 Å². The standard InChI is InChI=1S/C17H27N3O2S/c1-17(2,3)19-16(22)15(21)18-11-14(13-7-10-23-12-13)20-8-5-4-6-9-20/h7,10,12,14H,4-6,8-9,11H2,1-3H3,(H,18,21)(H,19,22). The summed E-state index contributed by atoms with van der Waals surface area (Å²) in [6, 6.07) is 2.25. The monoisotopic (exact) mass is 337 g/mol. The third kappa shape index (κ3) is 5.62. The van der Waals surface area contributed by atoms with Crippen LogP contribution in [0.2, 0.25) is 0 Å². The van der Waals surface area contributed by atoms with Crippen molar-refractivity contribution in [3.05, 3.63) is 22.4 Å². The molecule has 2 N–H and O–H groups in total. The molecule has 0 aromatic carbocycles. The molecule has 1 saturated heterocycles. The van der Waals surface area contributed by atoms with E-state index < -0.39 is 17.4 Å². The number of likely N-dealkylation sites (tertiary alicyclic amines) is 1. The maximum atomic E-state index is 12.0. The molecule has 1 aliphatic heterocycles. The van der Waals surface area contributed by atoms with Gasteiger partial charge in [0.25, 0.3) is 0 Å². The number of piperidine rings is 1. The Labute approximate surface area is 142 Å². The Balaban J connectivity index is 1.95. The third-order valence-corrected chi connectivity index (χ3v) is 4.61. The van der Waals surface area contributed by atoms with Crippen molar-refractivity contribution in [3.63, 3.8) is 0 Å². The molecule has 1 fully saturated rings. The highest BCUT2D eigenvalue weighted by Crippen LogP contribution is 2.25. The molecular weight excluding hydrogens is 310 g/mol. The largest absolute Gasteiger partial charge is 0.346 e. The number of amides is 2. The third-order valence-electron chi connectivity index (χ3n) is 3.91. The molecule has 1 aliphatic rings. The summed E-state index contributed by atoms with van der Waals surface area (Å²) < 4.78 is 0. The molecule has 2 heterocycles. The number of rotatable bonds is 4. The highest BCUT2D eigenvalue weighted by atomic mass is 32.1. The van der Waals surface area contributed by atoms with Crippen LogP contribution >= 0.6 is 11.3 Å². The van der Waals surface area contributed by atoms with E-state index >= 15 is 0 Å². The van der Waals surface area contributed by atoms with Crippen LogP contribution in [0.25, 0.3) is 0 Å². The van der Waals surface area contributed by atoms with Crippen LogP contribution in [0.5, 0.6) is 0 Å². The lowest BCUT2D eigenvalue weighted by Crippen LogP contribution is -2.49. The van der Waals surface area contributed by atoms with Crippen LogP contribution in [-0.2, 0) is 9.59 Å². The molecule has 1 unspecified atom stereocenters. The number of nitrogens with zero attached hydrogens (tertiary/aromatic N) is 1. The molecule has 128 valence electrons. The molecule has 2 rings (SSSR count). The van der Waals surface area contributed by atoms with Crippen molar-refractivity contribution in [2.45, 2.75) is 51.6 Å². The van der Waals surface area contributed by atoms with Crippen LogP contribution in [0.4, 0.5) is 0 Å². The van der Waals surface area contributed by atoms with Gasteiger partial charge in [-0.2, -0.15) is 11.3 Å². The van der Waals surface area contributed by atoms with Gasteiger partial charge in [-0.15, -0.1) is 0 Å². The molecule has 1 aromatic heterocycles. The second kappa shape index (κ2) is 7.93. The first-order valence-electron chi connectivity index (χ1n) is 8.23. The Hall–Kier alpha value is -1.40. The molecule has 0 aliphatic carbocycles. The molecule has 23 heavy (non-hydrogen) atoms. The van der Waals surface area contributed by atoms with Crippen molar-refractivity contribution in [1.29, 1.82) is 0 Å². The average molecular weight is 337 g/mol. The summed E-state index contributed by atoms with van der Waals surface area (Å²) in [6.45, 7) is 8.14. The van der Waals surface area contributed by atoms with Crippen LogP contribution in [0, 0.1) is 0 Å². The lowest BCUT2D eigenvalue weighted by atomic mass is 10.0. The molecular formula is C17H27N3O2S. The van der Waals surface area contributed by atoms with Gasteiger partial charge < -0.3 is 10.6 Å². The SMILES string of the molecule is CC(C)(C)NC(=O)C(=O)NCC(c1ccsc1)N1CCCCC1. The average Bonchev–Trinajstić information content (AvgIpc) is 3.00. The van der Waals surface area contributed by atoms with Crippen molar-refractivity contribution in [3.8, 4) is 0 Å². The van der Waals surface area contributed by atoms with Crippen LogP contribution in [-0.4, -0.2) is 41.9 Å². The fourth-order valence-electron chi connectivity index (χ4n) is 2.82. The molecule has 2 amide bonds. The van der Waals surface area contributed by atoms with Crippen LogP contribution in [0.1, 0.15) is 51.6 Å². The molecule has 0 spiro atoms. The van der Waals surface area contributed by atoms with E-state index in [0.717, 1.165) is 13.1 Å². The maximum Gasteiger partial charge on any atom is 0.309 e. The predicted octanol–water partition coefficient (Wildman–Crippen LogP) is 2.31. The van der Waals surface area contributed by atoms with Gasteiger partial charge in [0.05, 0.1) is 6.04 Å². The number of carbonyl (C=O) groups is 2. The molecule has 1 aromatic rings. The van der Waals surface area contributed by atoms with Crippen molar-refractivity contribution >= 4 is 23.2 Å². The molecule has 0 radical (unpaired) electrons. The van der Waals surface area contributed by atoms with E-state index in [-0.39, 0.29) is 6.04 Å². The summed E-state index contributed by atoms with van der Waals surface area (Å²) in [5.74, 6) is -1.13. The fourth-order valence-corrected chi connectivity index (χ4v) is 3.53. The van der Waals surface area contributed by atoms with E-state index in [4.69, 9.17) is 0 Å². The van der Waals surface area contributed by atoms with E-state index in [9.17, 15) is 9.59 Å². The minimum Gasteiger partial charge on any atom is -0.346 e. The van der Waals surface area contributed by atoms with Gasteiger partial charge in [0, 0.05) is 12.1 Å². The van der Waals surface area contributed by atoms with Gasteiger partial charge in [-0.05, 0) is 69.1 Å². The maximum absolute atomic E-state index is 12.0. The van der Waals surface area contributed by atoms with E-state index in [2.05, 4.69) is 32.4 Å². The highest BCUT2D eigenvalue weighted by molar-refractivity contribution is 7.07. The molecule has 6 heteroatoms. The van der Waals surface area contributed by atoms with Gasteiger partial charge in [-0.3, -0.25) is 14.5 Å². The van der Waals surface area contributed by atoms with Crippen LogP contribution < -0.4 is 10.6 Å². The Morgan fingerprint density at radius 2 is 1.91 bits per heavy atom. The van der Waals surface area contributed by atoms with Gasteiger partial charge in [-0.1, -0.05) is 6.42 Å². The van der Waals surface area contributed by atoms with Crippen LogP contribution in [0.3, 0.4) is 0 Å². The summed E-state index contributed by atoms with van der Waals surface area (Å²) in [6.07, 6.45) is 3.66. The number of hydrogen-bond acceptors (Lipinski definition) is 4. The lowest BCUT2D eigenvalue weighted by molar-refractivity contribution is -0.140. The second-order valence-corrected chi connectivity index (χ2v) is 7.86. The molecule has 0 bridgehead atoms. The predicted molar refractivity (Wildman–Crippen MR) is 93.4 cm³/mol. The van der Waals surface area contributed by atoms with Crippen molar-refractivity contribution in [1.82, 2.24) is 15.5 Å². The van der Waals surface area contributed by atoms with Crippen LogP contribution in [0.15, 0.2) is 16.8 Å². The fraction of sp³-hybridized carbons (Fsp3) is 0.647. The van der Waals surface area contributed by atoms with Gasteiger partial charge in [0.2, 0.25) is 0 Å². The first kappa shape index (κ1) is 17.9.